The number of hydrogen-bond donors (Lipinski definition) is 3. The quantitative estimate of drug-likeness (QED) is 0.622. The molecule has 1 aromatic rings. The first-order valence-corrected chi connectivity index (χ1v) is 8.63. The highest BCUT2D eigenvalue weighted by Crippen LogP contribution is 2.25. The lowest BCUT2D eigenvalue weighted by Crippen LogP contribution is -2.60. The normalized spacial score (nSPS) is 29.2. The fourth-order valence-corrected chi connectivity index (χ4v) is 2.62. The van der Waals surface area contributed by atoms with Gasteiger partial charge in [0.05, 0.1) is 6.61 Å². The number of aliphatic hydroxyl groups is 3. The van der Waals surface area contributed by atoms with E-state index in [1.807, 2.05) is 6.92 Å². The van der Waals surface area contributed by atoms with Crippen LogP contribution in [0.3, 0.4) is 0 Å². The molecule has 0 bridgehead atoms. The maximum absolute atomic E-state index is 10.3. The average molecular weight is 393 g/mol. The molecule has 1 aliphatic rings. The second-order valence-corrected chi connectivity index (χ2v) is 6.24. The van der Waals surface area contributed by atoms with Crippen molar-refractivity contribution in [2.75, 3.05) is 13.2 Å². The minimum absolute atomic E-state index is 0.269. The van der Waals surface area contributed by atoms with Crippen LogP contribution < -0.4 is 4.74 Å². The van der Waals surface area contributed by atoms with Crippen LogP contribution >= 0.6 is 23.8 Å². The third-order valence-electron chi connectivity index (χ3n) is 3.56. The van der Waals surface area contributed by atoms with E-state index in [0.29, 0.717) is 23.8 Å². The summed E-state index contributed by atoms with van der Waals surface area (Å²) in [6, 6.07) is 6.46. The molecule has 140 valence electrons. The molecule has 0 aromatic heterocycles. The zero-order valence-electron chi connectivity index (χ0n) is 13.6. The number of aliphatic hydroxyl groups excluding tert-OH is 3. The van der Waals surface area contributed by atoms with E-state index in [9.17, 15) is 15.3 Å². The summed E-state index contributed by atoms with van der Waals surface area (Å²) in [5.41, 5.74) is 0. The van der Waals surface area contributed by atoms with Crippen LogP contribution in [0, 0.1) is 0 Å². The van der Waals surface area contributed by atoms with Crippen LogP contribution in [0.1, 0.15) is 13.3 Å². The molecule has 0 saturated carbocycles. The Labute approximate surface area is 156 Å². The lowest BCUT2D eigenvalue weighted by atomic mass is 9.99. The van der Waals surface area contributed by atoms with Gasteiger partial charge in [0.15, 0.2) is 12.4 Å². The predicted octanol–water partition coefficient (Wildman–Crippen LogP) is 1.25. The Balaban J connectivity index is 2.04. The van der Waals surface area contributed by atoms with Crippen molar-refractivity contribution in [2.24, 2.45) is 0 Å². The first kappa shape index (κ1) is 20.3. The summed E-state index contributed by atoms with van der Waals surface area (Å²) in [6.45, 7) is 1.78. The first-order valence-electron chi connectivity index (χ1n) is 7.84. The van der Waals surface area contributed by atoms with Crippen LogP contribution in [0.15, 0.2) is 24.3 Å². The third-order valence-corrected chi connectivity index (χ3v) is 3.99. The Morgan fingerprint density at radius 1 is 1.24 bits per heavy atom. The maximum Gasteiger partial charge on any atom is 0.358 e. The Morgan fingerprint density at radius 2 is 1.92 bits per heavy atom. The van der Waals surface area contributed by atoms with Crippen molar-refractivity contribution in [1.82, 2.24) is 0 Å². The van der Waals surface area contributed by atoms with Gasteiger partial charge < -0.3 is 34.3 Å². The van der Waals surface area contributed by atoms with Gasteiger partial charge in [0.25, 0.3) is 0 Å². The molecule has 25 heavy (non-hydrogen) atoms. The summed E-state index contributed by atoms with van der Waals surface area (Å²) >= 11 is 10.8. The highest BCUT2D eigenvalue weighted by atomic mass is 35.5. The van der Waals surface area contributed by atoms with Crippen molar-refractivity contribution in [1.29, 1.82) is 0 Å². The molecule has 1 heterocycles. The Morgan fingerprint density at radius 3 is 2.52 bits per heavy atom. The Kier molecular flexibility index (Phi) is 7.82. The van der Waals surface area contributed by atoms with Crippen LogP contribution in [0.25, 0.3) is 0 Å². The second kappa shape index (κ2) is 9.63. The molecule has 5 atom stereocenters. The zero-order chi connectivity index (χ0) is 18.4. The smallest absolute Gasteiger partial charge is 0.358 e. The number of halogens is 1. The summed E-state index contributed by atoms with van der Waals surface area (Å²) in [5, 5.41) is 29.8. The van der Waals surface area contributed by atoms with E-state index in [1.165, 1.54) is 0 Å². The summed E-state index contributed by atoms with van der Waals surface area (Å²) in [7, 11) is 0. The highest BCUT2D eigenvalue weighted by Gasteiger charge is 2.47. The standard InChI is InChI=1S/C16H21ClO7S/c1-2-7-21-15-14(13(20)12(19)11(8-18)23-15)24-16(25)22-10-5-3-9(17)4-6-10/h3-6,11-15,18-20H,2,7-8H2,1H3/t11-,12-,13+,14-,15+/m1/s1. The first-order chi connectivity index (χ1) is 12.0. The molecule has 1 aromatic carbocycles. The van der Waals surface area contributed by atoms with Gasteiger partial charge in [-0.25, -0.2) is 0 Å². The molecule has 7 nitrogen and oxygen atoms in total. The molecule has 1 aliphatic heterocycles. The number of hydrogen-bond acceptors (Lipinski definition) is 8. The van der Waals surface area contributed by atoms with Gasteiger partial charge in [0.2, 0.25) is 0 Å². The molecule has 9 heteroatoms. The van der Waals surface area contributed by atoms with E-state index >= 15 is 0 Å². The Hall–Kier alpha value is -1.00. The minimum Gasteiger partial charge on any atom is -0.445 e. The minimum atomic E-state index is -1.38. The van der Waals surface area contributed by atoms with E-state index in [-0.39, 0.29) is 5.24 Å². The molecular weight excluding hydrogens is 372 g/mol. The zero-order valence-corrected chi connectivity index (χ0v) is 15.2. The van der Waals surface area contributed by atoms with Crippen LogP contribution in [0.5, 0.6) is 5.75 Å². The van der Waals surface area contributed by atoms with E-state index < -0.39 is 37.3 Å². The van der Waals surface area contributed by atoms with Gasteiger partial charge in [-0.3, -0.25) is 0 Å². The Bertz CT molecular complexity index is 556. The van der Waals surface area contributed by atoms with Crippen LogP contribution in [0.4, 0.5) is 0 Å². The van der Waals surface area contributed by atoms with Crippen molar-refractivity contribution in [3.05, 3.63) is 29.3 Å². The summed E-state index contributed by atoms with van der Waals surface area (Å²) < 4.78 is 21.8. The topological polar surface area (TPSA) is 97.6 Å². The van der Waals surface area contributed by atoms with Crippen LogP contribution in [0.2, 0.25) is 5.02 Å². The van der Waals surface area contributed by atoms with E-state index in [2.05, 4.69) is 0 Å². The predicted molar refractivity (Wildman–Crippen MR) is 93.6 cm³/mol. The van der Waals surface area contributed by atoms with Crippen molar-refractivity contribution in [3.63, 3.8) is 0 Å². The van der Waals surface area contributed by atoms with Crippen molar-refractivity contribution >= 4 is 29.1 Å². The maximum atomic E-state index is 10.3. The number of ether oxygens (including phenoxy) is 4. The van der Waals surface area contributed by atoms with Gasteiger partial charge in [0, 0.05) is 23.8 Å². The fraction of sp³-hybridized carbons (Fsp3) is 0.562. The summed E-state index contributed by atoms with van der Waals surface area (Å²) in [4.78, 5) is 0. The molecule has 0 radical (unpaired) electrons. The molecule has 1 saturated heterocycles. The monoisotopic (exact) mass is 392 g/mol. The third kappa shape index (κ3) is 5.49. The lowest BCUT2D eigenvalue weighted by molar-refractivity contribution is -0.298. The van der Waals surface area contributed by atoms with Crippen LogP contribution in [-0.4, -0.2) is 64.5 Å². The average Bonchev–Trinajstić information content (AvgIpc) is 2.60. The fourth-order valence-electron chi connectivity index (χ4n) is 2.28. The molecule has 3 N–H and O–H groups in total. The van der Waals surface area contributed by atoms with E-state index in [1.54, 1.807) is 24.3 Å². The van der Waals surface area contributed by atoms with E-state index in [4.69, 9.17) is 42.8 Å². The van der Waals surface area contributed by atoms with Crippen LogP contribution in [-0.2, 0) is 14.2 Å². The molecule has 0 aliphatic carbocycles. The van der Waals surface area contributed by atoms with Gasteiger partial charge in [-0.2, -0.15) is 0 Å². The van der Waals surface area contributed by atoms with Crippen molar-refractivity contribution in [3.8, 4) is 5.75 Å². The SMILES string of the molecule is CCCO[C@H]1O[C@H](CO)[C@@H](O)[C@H](O)[C@H]1OC(=S)Oc1ccc(Cl)cc1. The van der Waals surface area contributed by atoms with Gasteiger partial charge in [-0.1, -0.05) is 18.5 Å². The molecule has 0 amide bonds. The van der Waals surface area contributed by atoms with Gasteiger partial charge in [-0.05, 0) is 30.7 Å². The molecule has 1 fully saturated rings. The van der Waals surface area contributed by atoms with Gasteiger partial charge in [0.1, 0.15) is 24.1 Å². The summed E-state index contributed by atoms with van der Waals surface area (Å²) in [6.07, 6.45) is -5.12. The molecular formula is C16H21ClO7S. The lowest BCUT2D eigenvalue weighted by Gasteiger charge is -2.41. The molecule has 0 unspecified atom stereocenters. The summed E-state index contributed by atoms with van der Waals surface area (Å²) in [5.74, 6) is 0.403. The van der Waals surface area contributed by atoms with Crippen molar-refractivity contribution < 1.29 is 34.3 Å². The highest BCUT2D eigenvalue weighted by molar-refractivity contribution is 7.79. The van der Waals surface area contributed by atoms with Crippen molar-refractivity contribution in [2.45, 2.75) is 44.1 Å². The van der Waals surface area contributed by atoms with Gasteiger partial charge in [-0.15, -0.1) is 0 Å². The number of benzene rings is 1. The largest absolute Gasteiger partial charge is 0.445 e. The van der Waals surface area contributed by atoms with E-state index in [0.717, 1.165) is 0 Å². The molecule has 2 rings (SSSR count). The number of thiocarbonyl (C=S) groups is 1. The number of rotatable bonds is 6. The molecule has 0 spiro atoms. The van der Waals surface area contributed by atoms with Gasteiger partial charge >= 0.3 is 5.24 Å². The second-order valence-electron chi connectivity index (χ2n) is 5.47.